The van der Waals surface area contributed by atoms with Crippen LogP contribution < -0.4 is 10.9 Å². The maximum absolute atomic E-state index is 12.2. The van der Waals surface area contributed by atoms with Crippen LogP contribution in [0.15, 0.2) is 22.6 Å². The molecule has 2 rings (SSSR count). The van der Waals surface area contributed by atoms with Crippen LogP contribution in [-0.2, 0) is 0 Å². The molecule has 1 heterocycles. The summed E-state index contributed by atoms with van der Waals surface area (Å²) in [4.78, 5) is 24.3. The molecule has 0 aliphatic rings. The van der Waals surface area contributed by atoms with Crippen molar-refractivity contribution in [3.63, 3.8) is 0 Å². The molecule has 2 N–H and O–H groups in total. The molecule has 1 aromatic carbocycles. The number of benzene rings is 1. The summed E-state index contributed by atoms with van der Waals surface area (Å²) in [5.41, 5.74) is 8.58. The van der Waals surface area contributed by atoms with Crippen molar-refractivity contribution in [2.45, 2.75) is 34.6 Å². The molecular formula is C17H20N2O3. The van der Waals surface area contributed by atoms with Gasteiger partial charge in [0.25, 0.3) is 11.8 Å². The van der Waals surface area contributed by atoms with Crippen LogP contribution in [0, 0.1) is 34.6 Å². The Hall–Kier alpha value is -2.56. The summed E-state index contributed by atoms with van der Waals surface area (Å²) in [5.74, 6) is 0.503. The van der Waals surface area contributed by atoms with Crippen LogP contribution in [0.2, 0.25) is 0 Å². The number of nitrogens with one attached hydrogen (secondary N) is 2. The van der Waals surface area contributed by atoms with Crippen LogP contribution in [0.5, 0.6) is 0 Å². The first-order valence-corrected chi connectivity index (χ1v) is 7.05. The van der Waals surface area contributed by atoms with E-state index in [1.54, 1.807) is 19.9 Å². The molecule has 0 saturated heterocycles. The summed E-state index contributed by atoms with van der Waals surface area (Å²) >= 11 is 0. The predicted octanol–water partition coefficient (Wildman–Crippen LogP) is 2.90. The number of furan rings is 1. The molecule has 116 valence electrons. The van der Waals surface area contributed by atoms with Crippen LogP contribution in [-0.4, -0.2) is 11.8 Å². The zero-order valence-electron chi connectivity index (χ0n) is 13.5. The summed E-state index contributed by atoms with van der Waals surface area (Å²) in [6.07, 6.45) is 0. The Balaban J connectivity index is 2.09. The van der Waals surface area contributed by atoms with Gasteiger partial charge in [0.2, 0.25) is 0 Å². The second-order valence-electron chi connectivity index (χ2n) is 5.44. The van der Waals surface area contributed by atoms with Crippen LogP contribution in [0.4, 0.5) is 0 Å². The minimum absolute atomic E-state index is 0.346. The summed E-state index contributed by atoms with van der Waals surface area (Å²) in [5, 5.41) is 0. The van der Waals surface area contributed by atoms with Crippen molar-refractivity contribution in [1.29, 1.82) is 0 Å². The van der Waals surface area contributed by atoms with Gasteiger partial charge in [-0.15, -0.1) is 0 Å². The molecule has 22 heavy (non-hydrogen) atoms. The van der Waals surface area contributed by atoms with E-state index in [9.17, 15) is 9.59 Å². The quantitative estimate of drug-likeness (QED) is 0.838. The molecule has 0 spiro atoms. The second kappa shape index (κ2) is 6.05. The van der Waals surface area contributed by atoms with Crippen molar-refractivity contribution < 1.29 is 14.0 Å². The monoisotopic (exact) mass is 300 g/mol. The van der Waals surface area contributed by atoms with Crippen LogP contribution in [0.25, 0.3) is 0 Å². The van der Waals surface area contributed by atoms with Gasteiger partial charge in [-0.1, -0.05) is 17.7 Å². The minimum Gasteiger partial charge on any atom is -0.466 e. The van der Waals surface area contributed by atoms with Gasteiger partial charge in [0, 0.05) is 11.1 Å². The normalized spacial score (nSPS) is 10.4. The highest BCUT2D eigenvalue weighted by atomic mass is 16.3. The first kappa shape index (κ1) is 15.8. The number of hydrazine groups is 1. The van der Waals surface area contributed by atoms with Gasteiger partial charge in [0.1, 0.15) is 11.5 Å². The van der Waals surface area contributed by atoms with Crippen LogP contribution >= 0.6 is 0 Å². The zero-order chi connectivity index (χ0) is 16.4. The smallest absolute Gasteiger partial charge is 0.273 e. The maximum Gasteiger partial charge on any atom is 0.273 e. The van der Waals surface area contributed by atoms with Crippen molar-refractivity contribution in [3.8, 4) is 0 Å². The first-order chi connectivity index (χ1) is 10.3. The molecule has 5 nitrogen and oxygen atoms in total. The van der Waals surface area contributed by atoms with Gasteiger partial charge in [-0.2, -0.15) is 0 Å². The molecule has 2 aromatic rings. The highest BCUT2D eigenvalue weighted by Crippen LogP contribution is 2.20. The van der Waals surface area contributed by atoms with Gasteiger partial charge < -0.3 is 4.42 Å². The highest BCUT2D eigenvalue weighted by Gasteiger charge is 2.19. The molecule has 0 unspecified atom stereocenters. The average Bonchev–Trinajstić information content (AvgIpc) is 2.69. The highest BCUT2D eigenvalue weighted by molar-refractivity contribution is 6.00. The summed E-state index contributed by atoms with van der Waals surface area (Å²) in [7, 11) is 0. The lowest BCUT2D eigenvalue weighted by Crippen LogP contribution is -2.42. The van der Waals surface area contributed by atoms with Gasteiger partial charge in [-0.25, -0.2) is 0 Å². The molecule has 0 aliphatic carbocycles. The number of aryl methyl sites for hydroxylation is 4. The first-order valence-electron chi connectivity index (χ1n) is 7.05. The molecule has 0 radical (unpaired) electrons. The van der Waals surface area contributed by atoms with Gasteiger partial charge in [0.05, 0.1) is 5.56 Å². The molecule has 0 saturated carbocycles. The summed E-state index contributed by atoms with van der Waals surface area (Å²) in [6, 6.07) is 5.52. The fraction of sp³-hybridized carbons (Fsp3) is 0.294. The minimum atomic E-state index is -0.384. The van der Waals surface area contributed by atoms with Crippen molar-refractivity contribution in [2.24, 2.45) is 0 Å². The Morgan fingerprint density at radius 3 is 2.09 bits per heavy atom. The molecule has 0 fully saturated rings. The Morgan fingerprint density at radius 2 is 1.55 bits per heavy atom. The Morgan fingerprint density at radius 1 is 0.909 bits per heavy atom. The number of amides is 2. The van der Waals surface area contributed by atoms with E-state index in [4.69, 9.17) is 4.42 Å². The largest absolute Gasteiger partial charge is 0.466 e. The van der Waals surface area contributed by atoms with E-state index in [1.165, 1.54) is 0 Å². The Bertz CT molecular complexity index is 745. The van der Waals surface area contributed by atoms with Crippen molar-refractivity contribution in [2.75, 3.05) is 0 Å². The Labute approximate surface area is 129 Å². The number of carbonyl (C=O) groups excluding carboxylic acids is 2. The molecule has 5 heteroatoms. The third-order valence-electron chi connectivity index (χ3n) is 3.70. The van der Waals surface area contributed by atoms with E-state index in [0.717, 1.165) is 16.7 Å². The SMILES string of the molecule is Cc1ccc(C(=O)NNC(=O)c2c(C)oc(C)c2C)c(C)c1. The molecule has 0 aliphatic heterocycles. The fourth-order valence-corrected chi connectivity index (χ4v) is 2.44. The third kappa shape index (κ3) is 3.03. The topological polar surface area (TPSA) is 71.3 Å². The lowest BCUT2D eigenvalue weighted by atomic mass is 10.1. The van der Waals surface area contributed by atoms with Crippen LogP contribution in [0.1, 0.15) is 48.9 Å². The Kier molecular flexibility index (Phi) is 4.35. The van der Waals surface area contributed by atoms with E-state index in [0.29, 0.717) is 22.6 Å². The number of carbonyl (C=O) groups is 2. The molecular weight excluding hydrogens is 280 g/mol. The van der Waals surface area contributed by atoms with Crippen molar-refractivity contribution in [1.82, 2.24) is 10.9 Å². The van der Waals surface area contributed by atoms with E-state index < -0.39 is 0 Å². The van der Waals surface area contributed by atoms with E-state index in [1.807, 2.05) is 32.9 Å². The molecule has 0 bridgehead atoms. The maximum atomic E-state index is 12.2. The number of hydrogen-bond acceptors (Lipinski definition) is 3. The lowest BCUT2D eigenvalue weighted by molar-refractivity contribution is 0.0845. The molecule has 0 atom stereocenters. The number of rotatable bonds is 2. The second-order valence-corrected chi connectivity index (χ2v) is 5.44. The van der Waals surface area contributed by atoms with Gasteiger partial charge in [-0.3, -0.25) is 20.4 Å². The van der Waals surface area contributed by atoms with E-state index >= 15 is 0 Å². The van der Waals surface area contributed by atoms with Crippen molar-refractivity contribution in [3.05, 3.63) is 57.5 Å². The zero-order valence-corrected chi connectivity index (χ0v) is 13.5. The predicted molar refractivity (Wildman–Crippen MR) is 83.8 cm³/mol. The summed E-state index contributed by atoms with van der Waals surface area (Å²) in [6.45, 7) is 9.15. The average molecular weight is 300 g/mol. The van der Waals surface area contributed by atoms with Gasteiger partial charge in [-0.05, 0) is 46.2 Å². The van der Waals surface area contributed by atoms with Crippen molar-refractivity contribution >= 4 is 11.8 Å². The van der Waals surface area contributed by atoms with Crippen LogP contribution in [0.3, 0.4) is 0 Å². The lowest BCUT2D eigenvalue weighted by Gasteiger charge is -2.10. The fourth-order valence-electron chi connectivity index (χ4n) is 2.44. The van der Waals surface area contributed by atoms with E-state index in [-0.39, 0.29) is 11.8 Å². The molecule has 2 amide bonds. The van der Waals surface area contributed by atoms with Gasteiger partial charge >= 0.3 is 0 Å². The van der Waals surface area contributed by atoms with E-state index in [2.05, 4.69) is 10.9 Å². The standard InChI is InChI=1S/C17H20N2O3/c1-9-6-7-14(10(2)8-9)16(20)18-19-17(21)15-11(3)12(4)22-13(15)5/h6-8H,1-5H3,(H,18,20)(H,19,21). The molecule has 1 aromatic heterocycles. The third-order valence-corrected chi connectivity index (χ3v) is 3.70. The van der Waals surface area contributed by atoms with Gasteiger partial charge in [0.15, 0.2) is 0 Å². The number of hydrogen-bond donors (Lipinski definition) is 2. The summed E-state index contributed by atoms with van der Waals surface area (Å²) < 4.78 is 5.42.